The summed E-state index contributed by atoms with van der Waals surface area (Å²) in [5, 5.41) is 9.16. The molecule has 4 heteroatoms. The molecule has 1 N–H and O–H groups in total. The van der Waals surface area contributed by atoms with Crippen molar-refractivity contribution in [2.24, 2.45) is 0 Å². The SMILES string of the molecule is Cc1ccc2c(c1)CC(CN1CCOC(CO)C1)O2. The maximum atomic E-state index is 9.16. The predicted molar refractivity (Wildman–Crippen MR) is 72.6 cm³/mol. The van der Waals surface area contributed by atoms with Gasteiger partial charge in [-0.1, -0.05) is 17.7 Å². The molecular formula is C15H21NO3. The quantitative estimate of drug-likeness (QED) is 0.883. The Bertz CT molecular complexity index is 449. The molecule has 1 fully saturated rings. The standard InChI is InChI=1S/C15H21NO3/c1-11-2-3-15-12(6-11)7-13(19-15)8-16-4-5-18-14(9-16)10-17/h2-3,6,13-14,17H,4-5,7-10H2,1H3. The first-order valence-electron chi connectivity index (χ1n) is 6.95. The van der Waals surface area contributed by atoms with Crippen LogP contribution in [0.5, 0.6) is 5.75 Å². The lowest BCUT2D eigenvalue weighted by atomic mass is 10.1. The molecule has 0 aliphatic carbocycles. The van der Waals surface area contributed by atoms with Gasteiger partial charge in [0.25, 0.3) is 0 Å². The molecule has 2 unspecified atom stereocenters. The minimum Gasteiger partial charge on any atom is -0.488 e. The maximum absolute atomic E-state index is 9.16. The molecule has 0 spiro atoms. The molecule has 1 saturated heterocycles. The van der Waals surface area contributed by atoms with Gasteiger partial charge >= 0.3 is 0 Å². The molecule has 2 aliphatic rings. The van der Waals surface area contributed by atoms with Crippen molar-refractivity contribution in [3.63, 3.8) is 0 Å². The van der Waals surface area contributed by atoms with Crippen molar-refractivity contribution >= 4 is 0 Å². The van der Waals surface area contributed by atoms with Gasteiger partial charge in [0.1, 0.15) is 11.9 Å². The van der Waals surface area contributed by atoms with Crippen LogP contribution in [0.4, 0.5) is 0 Å². The van der Waals surface area contributed by atoms with E-state index in [4.69, 9.17) is 14.6 Å². The van der Waals surface area contributed by atoms with Crippen LogP contribution in [0.3, 0.4) is 0 Å². The molecule has 1 aromatic carbocycles. The topological polar surface area (TPSA) is 41.9 Å². The smallest absolute Gasteiger partial charge is 0.123 e. The second kappa shape index (κ2) is 5.49. The molecule has 3 rings (SSSR count). The summed E-state index contributed by atoms with van der Waals surface area (Å²) in [7, 11) is 0. The Labute approximate surface area is 113 Å². The van der Waals surface area contributed by atoms with E-state index in [1.54, 1.807) is 0 Å². The van der Waals surface area contributed by atoms with Crippen molar-refractivity contribution in [2.45, 2.75) is 25.6 Å². The Kier molecular flexibility index (Phi) is 3.73. The molecule has 104 valence electrons. The fourth-order valence-electron chi connectivity index (χ4n) is 2.90. The second-order valence-corrected chi connectivity index (χ2v) is 5.49. The van der Waals surface area contributed by atoms with Gasteiger partial charge in [0.05, 0.1) is 19.3 Å². The highest BCUT2D eigenvalue weighted by molar-refractivity contribution is 5.40. The third-order valence-corrected chi connectivity index (χ3v) is 3.85. The zero-order valence-corrected chi connectivity index (χ0v) is 11.3. The average Bonchev–Trinajstić information content (AvgIpc) is 2.80. The molecule has 19 heavy (non-hydrogen) atoms. The predicted octanol–water partition coefficient (Wildman–Crippen LogP) is 0.992. The Balaban J connectivity index is 1.58. The molecule has 2 heterocycles. The molecule has 0 radical (unpaired) electrons. The van der Waals surface area contributed by atoms with Crippen LogP contribution in [0.1, 0.15) is 11.1 Å². The van der Waals surface area contributed by atoms with E-state index >= 15 is 0 Å². The van der Waals surface area contributed by atoms with Gasteiger partial charge in [-0.3, -0.25) is 4.90 Å². The number of benzene rings is 1. The first kappa shape index (κ1) is 12.9. The first-order chi connectivity index (χ1) is 9.24. The van der Waals surface area contributed by atoms with Crippen LogP contribution in [-0.2, 0) is 11.2 Å². The molecule has 2 atom stereocenters. The molecule has 1 aromatic rings. The normalized spacial score (nSPS) is 27.1. The Hall–Kier alpha value is -1.10. The summed E-state index contributed by atoms with van der Waals surface area (Å²) >= 11 is 0. The van der Waals surface area contributed by atoms with Gasteiger partial charge in [0.15, 0.2) is 0 Å². The number of aliphatic hydroxyl groups excluding tert-OH is 1. The summed E-state index contributed by atoms with van der Waals surface area (Å²) in [5.74, 6) is 1.03. The lowest BCUT2D eigenvalue weighted by Gasteiger charge is -2.33. The third-order valence-electron chi connectivity index (χ3n) is 3.85. The second-order valence-electron chi connectivity index (χ2n) is 5.49. The summed E-state index contributed by atoms with van der Waals surface area (Å²) in [6.45, 7) is 5.54. The fraction of sp³-hybridized carbons (Fsp3) is 0.600. The summed E-state index contributed by atoms with van der Waals surface area (Å²) in [4.78, 5) is 2.33. The van der Waals surface area contributed by atoms with Gasteiger partial charge in [0.2, 0.25) is 0 Å². The van der Waals surface area contributed by atoms with E-state index in [2.05, 4.69) is 30.0 Å². The highest BCUT2D eigenvalue weighted by Gasteiger charge is 2.27. The molecule has 2 aliphatic heterocycles. The number of fused-ring (bicyclic) bond motifs is 1. The summed E-state index contributed by atoms with van der Waals surface area (Å²) < 4.78 is 11.5. The zero-order chi connectivity index (χ0) is 13.2. The van der Waals surface area contributed by atoms with Crippen molar-refractivity contribution in [1.82, 2.24) is 4.90 Å². The number of aliphatic hydroxyl groups is 1. The highest BCUT2D eigenvalue weighted by atomic mass is 16.5. The summed E-state index contributed by atoms with van der Waals surface area (Å²) in [6.07, 6.45) is 1.17. The highest BCUT2D eigenvalue weighted by Crippen LogP contribution is 2.29. The van der Waals surface area contributed by atoms with Crippen molar-refractivity contribution in [3.8, 4) is 5.75 Å². The van der Waals surface area contributed by atoms with Crippen molar-refractivity contribution in [1.29, 1.82) is 0 Å². The molecule has 4 nitrogen and oxygen atoms in total. The van der Waals surface area contributed by atoms with Crippen LogP contribution in [-0.4, -0.2) is 55.1 Å². The summed E-state index contributed by atoms with van der Waals surface area (Å²) in [6, 6.07) is 6.38. The number of rotatable bonds is 3. The van der Waals surface area contributed by atoms with Crippen LogP contribution in [0.2, 0.25) is 0 Å². The number of ether oxygens (including phenoxy) is 2. The van der Waals surface area contributed by atoms with E-state index in [-0.39, 0.29) is 18.8 Å². The van der Waals surface area contributed by atoms with E-state index in [1.807, 2.05) is 0 Å². The van der Waals surface area contributed by atoms with Gasteiger partial charge in [-0.25, -0.2) is 0 Å². The average molecular weight is 263 g/mol. The number of aryl methyl sites for hydroxylation is 1. The first-order valence-corrected chi connectivity index (χ1v) is 6.95. The van der Waals surface area contributed by atoms with Crippen molar-refractivity contribution < 1.29 is 14.6 Å². The third kappa shape index (κ3) is 2.91. The van der Waals surface area contributed by atoms with Crippen LogP contribution < -0.4 is 4.74 Å². The molecular weight excluding hydrogens is 242 g/mol. The minimum atomic E-state index is -0.0419. The number of hydrogen-bond donors (Lipinski definition) is 1. The molecule has 0 amide bonds. The van der Waals surface area contributed by atoms with Crippen LogP contribution >= 0.6 is 0 Å². The van der Waals surface area contributed by atoms with Gasteiger partial charge in [-0.05, 0) is 18.6 Å². The van der Waals surface area contributed by atoms with Crippen LogP contribution in [0.25, 0.3) is 0 Å². The summed E-state index contributed by atoms with van der Waals surface area (Å²) in [5.41, 5.74) is 2.60. The van der Waals surface area contributed by atoms with E-state index in [0.717, 1.165) is 31.8 Å². The van der Waals surface area contributed by atoms with Crippen LogP contribution in [0.15, 0.2) is 18.2 Å². The molecule has 0 aromatic heterocycles. The van der Waals surface area contributed by atoms with Crippen molar-refractivity contribution in [3.05, 3.63) is 29.3 Å². The number of morpholine rings is 1. The number of hydrogen-bond acceptors (Lipinski definition) is 4. The minimum absolute atomic E-state index is 0.0419. The van der Waals surface area contributed by atoms with Crippen molar-refractivity contribution in [2.75, 3.05) is 32.8 Å². The molecule has 0 bridgehead atoms. The Morgan fingerprint density at radius 1 is 1.37 bits per heavy atom. The maximum Gasteiger partial charge on any atom is 0.123 e. The number of nitrogens with zero attached hydrogens (tertiary/aromatic N) is 1. The Morgan fingerprint density at radius 2 is 2.26 bits per heavy atom. The van der Waals surface area contributed by atoms with Gasteiger partial charge in [-0.2, -0.15) is 0 Å². The van der Waals surface area contributed by atoms with E-state index < -0.39 is 0 Å². The van der Waals surface area contributed by atoms with E-state index in [0.29, 0.717) is 6.61 Å². The zero-order valence-electron chi connectivity index (χ0n) is 11.3. The largest absolute Gasteiger partial charge is 0.488 e. The fourth-order valence-corrected chi connectivity index (χ4v) is 2.90. The van der Waals surface area contributed by atoms with Gasteiger partial charge in [-0.15, -0.1) is 0 Å². The molecule has 0 saturated carbocycles. The van der Waals surface area contributed by atoms with Gasteiger partial charge < -0.3 is 14.6 Å². The lowest BCUT2D eigenvalue weighted by molar-refractivity contribution is -0.0589. The van der Waals surface area contributed by atoms with Gasteiger partial charge in [0, 0.05) is 26.1 Å². The lowest BCUT2D eigenvalue weighted by Crippen LogP contribution is -2.47. The van der Waals surface area contributed by atoms with E-state index in [1.165, 1.54) is 11.1 Å². The monoisotopic (exact) mass is 263 g/mol. The van der Waals surface area contributed by atoms with E-state index in [9.17, 15) is 0 Å². The Morgan fingerprint density at radius 3 is 3.11 bits per heavy atom. The van der Waals surface area contributed by atoms with Crippen LogP contribution in [0, 0.1) is 6.92 Å².